The van der Waals surface area contributed by atoms with Crippen LogP contribution in [0, 0.1) is 3.57 Å². The highest BCUT2D eigenvalue weighted by Crippen LogP contribution is 2.21. The first-order valence-corrected chi connectivity index (χ1v) is 6.93. The van der Waals surface area contributed by atoms with Crippen LogP contribution in [0.2, 0.25) is 0 Å². The summed E-state index contributed by atoms with van der Waals surface area (Å²) in [6.07, 6.45) is 3.34. The lowest BCUT2D eigenvalue weighted by Gasteiger charge is -2.04. The fourth-order valence-electron chi connectivity index (χ4n) is 1.06. The van der Waals surface area contributed by atoms with Gasteiger partial charge in [0.05, 0.1) is 10.1 Å². The van der Waals surface area contributed by atoms with Crippen LogP contribution in [0.1, 0.15) is 4.88 Å². The second kappa shape index (κ2) is 5.22. The van der Waals surface area contributed by atoms with Gasteiger partial charge in [-0.2, -0.15) is 0 Å². The molecule has 15 heavy (non-hydrogen) atoms. The summed E-state index contributed by atoms with van der Waals surface area (Å²) in [5, 5.41) is 5.34. The molecule has 0 amide bonds. The minimum absolute atomic E-state index is 0.795. The number of halogens is 2. The standard InChI is InChI=1S/C9H7BrIN3S/c10-6-1-7(15-4-6)2-13-9-8(11)3-12-5-14-9/h1,3-5H,2H2,(H,12,13,14). The number of rotatable bonds is 3. The Balaban J connectivity index is 2.02. The molecule has 1 N–H and O–H groups in total. The lowest BCUT2D eigenvalue weighted by Crippen LogP contribution is -2.01. The molecule has 0 atom stereocenters. The summed E-state index contributed by atoms with van der Waals surface area (Å²) in [5.74, 6) is 0.884. The normalized spacial score (nSPS) is 10.3. The maximum atomic E-state index is 4.16. The molecule has 0 saturated carbocycles. The van der Waals surface area contributed by atoms with Crippen molar-refractivity contribution in [1.82, 2.24) is 9.97 Å². The maximum Gasteiger partial charge on any atom is 0.143 e. The van der Waals surface area contributed by atoms with Gasteiger partial charge in [0.25, 0.3) is 0 Å². The summed E-state index contributed by atoms with van der Waals surface area (Å²) in [4.78, 5) is 9.38. The zero-order chi connectivity index (χ0) is 10.7. The average molecular weight is 396 g/mol. The Morgan fingerprint density at radius 3 is 3.07 bits per heavy atom. The summed E-state index contributed by atoms with van der Waals surface area (Å²) in [6.45, 7) is 0.795. The Hall–Kier alpha value is -0.210. The van der Waals surface area contributed by atoms with Crippen LogP contribution in [0.4, 0.5) is 5.82 Å². The molecule has 0 aromatic carbocycles. The van der Waals surface area contributed by atoms with Gasteiger partial charge in [-0.15, -0.1) is 11.3 Å². The van der Waals surface area contributed by atoms with Gasteiger partial charge in [-0.3, -0.25) is 0 Å². The van der Waals surface area contributed by atoms with E-state index in [-0.39, 0.29) is 0 Å². The molecule has 0 fully saturated rings. The van der Waals surface area contributed by atoms with Gasteiger partial charge < -0.3 is 5.32 Å². The molecule has 0 radical (unpaired) electrons. The minimum atomic E-state index is 0.795. The van der Waals surface area contributed by atoms with Gasteiger partial charge in [0.2, 0.25) is 0 Å². The Kier molecular flexibility index (Phi) is 3.92. The molecule has 0 saturated heterocycles. The first-order chi connectivity index (χ1) is 7.25. The Bertz CT molecular complexity index is 460. The van der Waals surface area contributed by atoms with E-state index >= 15 is 0 Å². The van der Waals surface area contributed by atoms with Crippen LogP contribution >= 0.6 is 49.9 Å². The molecule has 0 bridgehead atoms. The molecule has 0 aliphatic heterocycles. The van der Waals surface area contributed by atoms with Crippen molar-refractivity contribution >= 4 is 55.7 Å². The van der Waals surface area contributed by atoms with E-state index in [0.29, 0.717) is 0 Å². The molecular formula is C9H7BrIN3S. The highest BCUT2D eigenvalue weighted by Gasteiger charge is 2.01. The third-order valence-electron chi connectivity index (χ3n) is 1.72. The second-order valence-electron chi connectivity index (χ2n) is 2.80. The highest BCUT2D eigenvalue weighted by atomic mass is 127. The lowest BCUT2D eigenvalue weighted by molar-refractivity contribution is 1.09. The van der Waals surface area contributed by atoms with Crippen molar-refractivity contribution < 1.29 is 0 Å². The molecule has 0 aliphatic carbocycles. The van der Waals surface area contributed by atoms with E-state index in [4.69, 9.17) is 0 Å². The van der Waals surface area contributed by atoms with Gasteiger partial charge >= 0.3 is 0 Å². The van der Waals surface area contributed by atoms with Crippen molar-refractivity contribution in [3.8, 4) is 0 Å². The van der Waals surface area contributed by atoms with Gasteiger partial charge in [0.1, 0.15) is 12.1 Å². The van der Waals surface area contributed by atoms with E-state index in [1.807, 2.05) is 0 Å². The van der Waals surface area contributed by atoms with Gasteiger partial charge in [-0.05, 0) is 44.6 Å². The third kappa shape index (κ3) is 3.12. The van der Waals surface area contributed by atoms with Crippen molar-refractivity contribution in [1.29, 1.82) is 0 Å². The van der Waals surface area contributed by atoms with Gasteiger partial charge in [0, 0.05) is 20.9 Å². The topological polar surface area (TPSA) is 37.8 Å². The fraction of sp³-hybridized carbons (Fsp3) is 0.111. The van der Waals surface area contributed by atoms with Gasteiger partial charge in [0.15, 0.2) is 0 Å². The van der Waals surface area contributed by atoms with Crippen molar-refractivity contribution in [3.63, 3.8) is 0 Å². The van der Waals surface area contributed by atoms with Gasteiger partial charge in [-0.1, -0.05) is 0 Å². The van der Waals surface area contributed by atoms with E-state index in [1.54, 1.807) is 23.9 Å². The van der Waals surface area contributed by atoms with E-state index in [0.717, 1.165) is 20.4 Å². The molecule has 2 rings (SSSR count). The molecule has 0 unspecified atom stereocenters. The van der Waals surface area contributed by atoms with E-state index in [9.17, 15) is 0 Å². The summed E-state index contributed by atoms with van der Waals surface area (Å²) in [7, 11) is 0. The zero-order valence-corrected chi connectivity index (χ0v) is 12.1. The summed E-state index contributed by atoms with van der Waals surface area (Å²) >= 11 is 7.36. The predicted octanol–water partition coefficient (Wildman–Crippen LogP) is 3.52. The summed E-state index contributed by atoms with van der Waals surface area (Å²) in [5.41, 5.74) is 0. The molecule has 78 valence electrons. The zero-order valence-electron chi connectivity index (χ0n) is 7.58. The third-order valence-corrected chi connectivity index (χ3v) is 4.21. The summed E-state index contributed by atoms with van der Waals surface area (Å²) in [6, 6.07) is 2.10. The van der Waals surface area contributed by atoms with E-state index < -0.39 is 0 Å². The van der Waals surface area contributed by atoms with Crippen LogP contribution in [0.15, 0.2) is 28.4 Å². The summed E-state index contributed by atoms with van der Waals surface area (Å²) < 4.78 is 2.16. The minimum Gasteiger partial charge on any atom is -0.364 e. The smallest absolute Gasteiger partial charge is 0.143 e. The van der Waals surface area contributed by atoms with Crippen LogP contribution in [0.3, 0.4) is 0 Å². The van der Waals surface area contributed by atoms with Crippen molar-refractivity contribution in [2.24, 2.45) is 0 Å². The number of thiophene rings is 1. The van der Waals surface area contributed by atoms with Crippen LogP contribution in [0.25, 0.3) is 0 Å². The molecule has 2 heterocycles. The lowest BCUT2D eigenvalue weighted by atomic mass is 10.4. The van der Waals surface area contributed by atoms with E-state index in [2.05, 4.69) is 65.3 Å². The van der Waals surface area contributed by atoms with Crippen LogP contribution in [-0.2, 0) is 6.54 Å². The molecular weight excluding hydrogens is 389 g/mol. The molecule has 2 aromatic rings. The second-order valence-corrected chi connectivity index (χ2v) is 5.88. The number of aromatic nitrogens is 2. The largest absolute Gasteiger partial charge is 0.364 e. The monoisotopic (exact) mass is 395 g/mol. The predicted molar refractivity (Wildman–Crippen MR) is 74.1 cm³/mol. The van der Waals surface area contributed by atoms with Crippen LogP contribution in [0.5, 0.6) is 0 Å². The number of hydrogen-bond donors (Lipinski definition) is 1. The first kappa shape index (κ1) is 11.3. The Labute approximate surface area is 114 Å². The molecule has 0 aliphatic rings. The molecule has 2 aromatic heterocycles. The van der Waals surface area contributed by atoms with Crippen molar-refractivity contribution in [2.75, 3.05) is 5.32 Å². The first-order valence-electron chi connectivity index (χ1n) is 4.18. The van der Waals surface area contributed by atoms with Crippen molar-refractivity contribution in [3.05, 3.63) is 36.9 Å². The Morgan fingerprint density at radius 1 is 1.53 bits per heavy atom. The van der Waals surface area contributed by atoms with Crippen molar-refractivity contribution in [2.45, 2.75) is 6.54 Å². The molecule has 3 nitrogen and oxygen atoms in total. The average Bonchev–Trinajstić information content (AvgIpc) is 2.63. The number of nitrogens with one attached hydrogen (secondary N) is 1. The number of anilines is 1. The Morgan fingerprint density at radius 2 is 2.40 bits per heavy atom. The quantitative estimate of drug-likeness (QED) is 0.808. The molecule has 0 spiro atoms. The number of nitrogens with zero attached hydrogens (tertiary/aromatic N) is 2. The molecule has 6 heteroatoms. The maximum absolute atomic E-state index is 4.16. The fourth-order valence-corrected chi connectivity index (χ4v) is 2.94. The highest BCUT2D eigenvalue weighted by molar-refractivity contribution is 14.1. The number of hydrogen-bond acceptors (Lipinski definition) is 4. The van der Waals surface area contributed by atoms with Gasteiger partial charge in [-0.25, -0.2) is 9.97 Å². The van der Waals surface area contributed by atoms with Crippen LogP contribution in [-0.4, -0.2) is 9.97 Å². The SMILES string of the molecule is Brc1csc(CNc2ncncc2I)c1. The van der Waals surface area contributed by atoms with E-state index in [1.165, 1.54) is 4.88 Å². The van der Waals surface area contributed by atoms with Crippen LogP contribution < -0.4 is 5.32 Å².